The number of hydrogen-bond acceptors (Lipinski definition) is 4. The molecule has 0 unspecified atom stereocenters. The van der Waals surface area contributed by atoms with Gasteiger partial charge in [-0.2, -0.15) is 0 Å². The van der Waals surface area contributed by atoms with Gasteiger partial charge in [0, 0.05) is 11.4 Å². The van der Waals surface area contributed by atoms with Gasteiger partial charge in [-0.15, -0.1) is 0 Å². The highest BCUT2D eigenvalue weighted by molar-refractivity contribution is 9.10. The van der Waals surface area contributed by atoms with Gasteiger partial charge >= 0.3 is 0 Å². The second kappa shape index (κ2) is 6.32. The van der Waals surface area contributed by atoms with Gasteiger partial charge in [-0.25, -0.2) is 8.42 Å². The van der Waals surface area contributed by atoms with Crippen molar-refractivity contribution in [1.82, 2.24) is 0 Å². The molecule has 1 aromatic heterocycles. The van der Waals surface area contributed by atoms with Crippen LogP contribution in [0.5, 0.6) is 0 Å². The quantitative estimate of drug-likeness (QED) is 0.829. The van der Waals surface area contributed by atoms with Crippen molar-refractivity contribution < 1.29 is 12.8 Å². The van der Waals surface area contributed by atoms with Crippen LogP contribution in [0.2, 0.25) is 0 Å². The van der Waals surface area contributed by atoms with Crippen LogP contribution in [0.3, 0.4) is 0 Å². The van der Waals surface area contributed by atoms with Gasteiger partial charge < -0.3 is 9.73 Å². The van der Waals surface area contributed by atoms with Gasteiger partial charge in [-0.05, 0) is 59.3 Å². The van der Waals surface area contributed by atoms with Crippen LogP contribution in [0.4, 0.5) is 11.4 Å². The predicted octanol–water partition coefficient (Wildman–Crippen LogP) is 3.42. The van der Waals surface area contributed by atoms with Gasteiger partial charge in [0.25, 0.3) is 0 Å². The lowest BCUT2D eigenvalue weighted by atomic mass is 10.3. The Morgan fingerprint density at radius 2 is 1.75 bits per heavy atom. The molecular formula is C13H15BrN2O3S. The highest BCUT2D eigenvalue weighted by Crippen LogP contribution is 2.18. The highest BCUT2D eigenvalue weighted by Gasteiger charge is 2.06. The molecule has 2 N–H and O–H groups in total. The third kappa shape index (κ3) is 4.28. The lowest BCUT2D eigenvalue weighted by molar-refractivity contribution is 0.495. The molecule has 2 aromatic rings. The normalized spacial score (nSPS) is 11.3. The fourth-order valence-corrected chi connectivity index (χ4v) is 2.52. The van der Waals surface area contributed by atoms with E-state index in [9.17, 15) is 8.42 Å². The number of benzene rings is 1. The molecule has 1 aromatic carbocycles. The summed E-state index contributed by atoms with van der Waals surface area (Å²) < 4.78 is 31.4. The van der Waals surface area contributed by atoms with E-state index in [-0.39, 0.29) is 5.75 Å². The molecule has 108 valence electrons. The molecule has 0 aliphatic heterocycles. The monoisotopic (exact) mass is 358 g/mol. The summed E-state index contributed by atoms with van der Waals surface area (Å²) in [6.45, 7) is 2.16. The summed E-state index contributed by atoms with van der Waals surface area (Å²) in [5, 5.41) is 3.19. The van der Waals surface area contributed by atoms with E-state index in [1.807, 2.05) is 24.3 Å². The average molecular weight is 359 g/mol. The molecule has 5 nitrogen and oxygen atoms in total. The first-order valence-electron chi connectivity index (χ1n) is 6.07. The van der Waals surface area contributed by atoms with E-state index in [0.29, 0.717) is 16.9 Å². The minimum absolute atomic E-state index is 0.0559. The van der Waals surface area contributed by atoms with Crippen LogP contribution in [-0.2, 0) is 16.6 Å². The maximum absolute atomic E-state index is 11.4. The van der Waals surface area contributed by atoms with Crippen LogP contribution in [0.1, 0.15) is 12.7 Å². The molecule has 0 aliphatic rings. The molecule has 0 spiro atoms. The molecular weight excluding hydrogens is 344 g/mol. The summed E-state index contributed by atoms with van der Waals surface area (Å²) in [6, 6.07) is 10.8. The maximum atomic E-state index is 11.4. The number of nitrogens with one attached hydrogen (secondary N) is 2. The number of sulfonamides is 1. The van der Waals surface area contributed by atoms with Gasteiger partial charge in [0.2, 0.25) is 10.0 Å². The van der Waals surface area contributed by atoms with Crippen molar-refractivity contribution in [3.8, 4) is 0 Å². The Morgan fingerprint density at radius 3 is 2.30 bits per heavy atom. The van der Waals surface area contributed by atoms with Gasteiger partial charge in [0.1, 0.15) is 5.76 Å². The largest absolute Gasteiger partial charge is 0.452 e. The van der Waals surface area contributed by atoms with E-state index in [4.69, 9.17) is 4.42 Å². The Bertz CT molecular complexity index is 665. The van der Waals surface area contributed by atoms with Crippen molar-refractivity contribution in [2.45, 2.75) is 13.5 Å². The van der Waals surface area contributed by atoms with Crippen molar-refractivity contribution in [1.29, 1.82) is 0 Å². The van der Waals surface area contributed by atoms with Crippen molar-refractivity contribution in [2.24, 2.45) is 0 Å². The summed E-state index contributed by atoms with van der Waals surface area (Å²) >= 11 is 3.24. The molecule has 0 saturated heterocycles. The van der Waals surface area contributed by atoms with E-state index in [0.717, 1.165) is 11.4 Å². The summed E-state index contributed by atoms with van der Waals surface area (Å²) in [4.78, 5) is 0. The maximum Gasteiger partial charge on any atom is 0.232 e. The van der Waals surface area contributed by atoms with Crippen LogP contribution in [0.15, 0.2) is 45.5 Å². The number of halogens is 1. The van der Waals surface area contributed by atoms with E-state index in [1.165, 1.54) is 0 Å². The summed E-state index contributed by atoms with van der Waals surface area (Å²) in [7, 11) is -3.23. The Morgan fingerprint density at radius 1 is 1.10 bits per heavy atom. The van der Waals surface area contributed by atoms with Crippen molar-refractivity contribution >= 4 is 37.3 Å². The molecule has 7 heteroatoms. The number of anilines is 2. The topological polar surface area (TPSA) is 71.3 Å². The number of hydrogen-bond donors (Lipinski definition) is 2. The Labute approximate surface area is 126 Å². The van der Waals surface area contributed by atoms with Gasteiger partial charge in [-0.1, -0.05) is 0 Å². The molecule has 0 atom stereocenters. The van der Waals surface area contributed by atoms with Gasteiger partial charge in [0.15, 0.2) is 4.67 Å². The third-order valence-corrected chi connectivity index (χ3v) is 4.37. The molecule has 0 amide bonds. The third-order valence-electron chi connectivity index (χ3n) is 2.63. The Hall–Kier alpha value is -1.47. The van der Waals surface area contributed by atoms with Gasteiger partial charge in [-0.3, -0.25) is 4.72 Å². The van der Waals surface area contributed by atoms with Gasteiger partial charge in [0.05, 0.1) is 12.3 Å². The van der Waals surface area contributed by atoms with Crippen LogP contribution in [0, 0.1) is 0 Å². The van der Waals surface area contributed by atoms with Crippen molar-refractivity contribution in [3.63, 3.8) is 0 Å². The Balaban J connectivity index is 1.94. The second-order valence-corrected chi connectivity index (χ2v) is 6.93. The van der Waals surface area contributed by atoms with Crippen LogP contribution in [-0.4, -0.2) is 14.2 Å². The van der Waals surface area contributed by atoms with E-state index in [1.54, 1.807) is 19.1 Å². The highest BCUT2D eigenvalue weighted by atomic mass is 79.9. The summed E-state index contributed by atoms with van der Waals surface area (Å²) in [6.07, 6.45) is 0. The number of rotatable bonds is 6. The van der Waals surface area contributed by atoms with E-state index in [2.05, 4.69) is 26.0 Å². The van der Waals surface area contributed by atoms with Crippen molar-refractivity contribution in [2.75, 3.05) is 15.8 Å². The minimum atomic E-state index is -3.23. The molecule has 0 fully saturated rings. The zero-order valence-corrected chi connectivity index (χ0v) is 13.3. The number of furan rings is 1. The SMILES string of the molecule is CCS(=O)(=O)Nc1ccc(NCc2ccc(Br)o2)cc1. The lowest BCUT2D eigenvalue weighted by Crippen LogP contribution is -2.14. The van der Waals surface area contributed by atoms with Crippen molar-refractivity contribution in [3.05, 3.63) is 46.8 Å². The minimum Gasteiger partial charge on any atom is -0.452 e. The molecule has 1 heterocycles. The first-order valence-corrected chi connectivity index (χ1v) is 8.51. The molecule has 2 rings (SSSR count). The van der Waals surface area contributed by atoms with Crippen LogP contribution >= 0.6 is 15.9 Å². The van der Waals surface area contributed by atoms with E-state index < -0.39 is 10.0 Å². The molecule has 0 radical (unpaired) electrons. The zero-order chi connectivity index (χ0) is 14.6. The fraction of sp³-hybridized carbons (Fsp3) is 0.231. The van der Waals surface area contributed by atoms with Crippen LogP contribution < -0.4 is 10.0 Å². The van der Waals surface area contributed by atoms with E-state index >= 15 is 0 Å². The lowest BCUT2D eigenvalue weighted by Gasteiger charge is -2.08. The zero-order valence-electron chi connectivity index (χ0n) is 10.9. The second-order valence-electron chi connectivity index (χ2n) is 4.14. The smallest absolute Gasteiger partial charge is 0.232 e. The average Bonchev–Trinajstić information content (AvgIpc) is 2.83. The Kier molecular flexibility index (Phi) is 4.72. The predicted molar refractivity (Wildman–Crippen MR) is 83.3 cm³/mol. The summed E-state index contributed by atoms with van der Waals surface area (Å²) in [5.74, 6) is 0.869. The molecule has 0 aliphatic carbocycles. The first-order chi connectivity index (χ1) is 9.48. The first kappa shape index (κ1) is 14.9. The molecule has 20 heavy (non-hydrogen) atoms. The standard InChI is InChI=1S/C13H15BrN2O3S/c1-2-20(17,18)16-11-5-3-10(4-6-11)15-9-12-7-8-13(14)19-12/h3-8,15-16H,2,9H2,1H3. The summed E-state index contributed by atoms with van der Waals surface area (Å²) in [5.41, 5.74) is 1.44. The molecule has 0 bridgehead atoms. The fourth-order valence-electron chi connectivity index (χ4n) is 1.54. The van der Waals surface area contributed by atoms with Crippen LogP contribution in [0.25, 0.3) is 0 Å². The molecule has 0 saturated carbocycles.